The van der Waals surface area contributed by atoms with Gasteiger partial charge in [0.15, 0.2) is 6.61 Å². The first-order chi connectivity index (χ1) is 7.63. The first kappa shape index (κ1) is 12.4. The Morgan fingerprint density at radius 2 is 2.38 bits per heavy atom. The molecule has 3 nitrogen and oxygen atoms in total. The second kappa shape index (κ2) is 6.04. The molecule has 0 unspecified atom stereocenters. The van der Waals surface area contributed by atoms with Crippen molar-refractivity contribution in [1.82, 2.24) is 5.32 Å². The van der Waals surface area contributed by atoms with Crippen molar-refractivity contribution < 1.29 is 9.53 Å². The van der Waals surface area contributed by atoms with E-state index in [1.54, 1.807) is 12.1 Å². The lowest BCUT2D eigenvalue weighted by atomic mass is 10.2. The van der Waals surface area contributed by atoms with Gasteiger partial charge < -0.3 is 10.1 Å². The third-order valence-corrected chi connectivity index (χ3v) is 2.13. The Labute approximate surface area is 99.7 Å². The van der Waals surface area contributed by atoms with Gasteiger partial charge in [-0.05, 0) is 24.6 Å². The van der Waals surface area contributed by atoms with Crippen LogP contribution in [0.4, 0.5) is 0 Å². The molecule has 0 aliphatic carbocycles. The molecule has 0 radical (unpaired) electrons. The number of nitrogens with one attached hydrogen (secondary N) is 1. The van der Waals surface area contributed by atoms with E-state index in [0.29, 0.717) is 10.8 Å². The number of carbonyl (C=O) groups is 1. The number of rotatable bonds is 4. The van der Waals surface area contributed by atoms with Crippen LogP contribution in [0.15, 0.2) is 18.2 Å². The second-order valence-electron chi connectivity index (χ2n) is 3.18. The number of halogens is 1. The van der Waals surface area contributed by atoms with Crippen molar-refractivity contribution in [3.63, 3.8) is 0 Å². The molecule has 1 aromatic carbocycles. The van der Waals surface area contributed by atoms with Crippen LogP contribution < -0.4 is 10.1 Å². The fourth-order valence-electron chi connectivity index (χ4n) is 1.07. The van der Waals surface area contributed by atoms with Gasteiger partial charge in [-0.2, -0.15) is 0 Å². The van der Waals surface area contributed by atoms with Gasteiger partial charge in [0.05, 0.1) is 6.54 Å². The molecule has 1 rings (SSSR count). The lowest BCUT2D eigenvalue weighted by Crippen LogP contribution is -2.29. The molecule has 0 atom stereocenters. The van der Waals surface area contributed by atoms with Crippen LogP contribution in [0.25, 0.3) is 0 Å². The highest BCUT2D eigenvalue weighted by molar-refractivity contribution is 6.30. The van der Waals surface area contributed by atoms with Gasteiger partial charge in [-0.3, -0.25) is 4.79 Å². The van der Waals surface area contributed by atoms with Crippen molar-refractivity contribution >= 4 is 17.5 Å². The van der Waals surface area contributed by atoms with Crippen molar-refractivity contribution in [3.05, 3.63) is 28.8 Å². The molecule has 84 valence electrons. The molecule has 0 saturated heterocycles. The molecule has 0 heterocycles. The molecule has 0 aliphatic rings. The Morgan fingerprint density at radius 1 is 1.62 bits per heavy atom. The van der Waals surface area contributed by atoms with Gasteiger partial charge in [0.1, 0.15) is 5.75 Å². The van der Waals surface area contributed by atoms with Crippen LogP contribution in [0.3, 0.4) is 0 Å². The molecule has 16 heavy (non-hydrogen) atoms. The summed E-state index contributed by atoms with van der Waals surface area (Å²) in [5.74, 6) is 2.66. The van der Waals surface area contributed by atoms with Crippen molar-refractivity contribution in [2.45, 2.75) is 6.92 Å². The summed E-state index contributed by atoms with van der Waals surface area (Å²) >= 11 is 5.81. The largest absolute Gasteiger partial charge is 0.483 e. The molecule has 4 heteroatoms. The zero-order chi connectivity index (χ0) is 12.0. The van der Waals surface area contributed by atoms with Crippen LogP contribution >= 0.6 is 11.6 Å². The minimum absolute atomic E-state index is 0.0666. The van der Waals surface area contributed by atoms with E-state index in [0.717, 1.165) is 5.56 Å². The fourth-order valence-corrected chi connectivity index (χ4v) is 1.24. The van der Waals surface area contributed by atoms with Crippen LogP contribution in [0.2, 0.25) is 5.02 Å². The molecular formula is C12H12ClNO2. The SMILES string of the molecule is C#CCNC(=O)COc1cc(Cl)ccc1C. The van der Waals surface area contributed by atoms with Gasteiger partial charge in [-0.15, -0.1) is 6.42 Å². The van der Waals surface area contributed by atoms with Crippen molar-refractivity contribution in [3.8, 4) is 18.1 Å². The van der Waals surface area contributed by atoms with Gasteiger partial charge in [-0.1, -0.05) is 23.6 Å². The number of hydrogen-bond acceptors (Lipinski definition) is 2. The van der Waals surface area contributed by atoms with E-state index < -0.39 is 0 Å². The van der Waals surface area contributed by atoms with E-state index in [4.69, 9.17) is 22.8 Å². The van der Waals surface area contributed by atoms with Gasteiger partial charge in [0, 0.05) is 5.02 Å². The number of terminal acetylenes is 1. The van der Waals surface area contributed by atoms with Gasteiger partial charge in [0.2, 0.25) is 0 Å². The van der Waals surface area contributed by atoms with E-state index in [-0.39, 0.29) is 19.1 Å². The summed E-state index contributed by atoms with van der Waals surface area (Å²) in [6.45, 7) is 2.02. The van der Waals surface area contributed by atoms with E-state index >= 15 is 0 Å². The quantitative estimate of drug-likeness (QED) is 0.811. The van der Waals surface area contributed by atoms with Crippen LogP contribution in [0, 0.1) is 19.3 Å². The molecule has 0 aliphatic heterocycles. The molecular weight excluding hydrogens is 226 g/mol. The predicted molar refractivity (Wildman–Crippen MR) is 63.5 cm³/mol. The molecule has 0 bridgehead atoms. The van der Waals surface area contributed by atoms with E-state index in [1.165, 1.54) is 0 Å². The third-order valence-electron chi connectivity index (χ3n) is 1.90. The van der Waals surface area contributed by atoms with Gasteiger partial charge in [0.25, 0.3) is 5.91 Å². The predicted octanol–water partition coefficient (Wildman–Crippen LogP) is 1.78. The van der Waals surface area contributed by atoms with Gasteiger partial charge in [-0.25, -0.2) is 0 Å². The zero-order valence-electron chi connectivity index (χ0n) is 8.92. The lowest BCUT2D eigenvalue weighted by molar-refractivity contribution is -0.122. The maximum absolute atomic E-state index is 11.2. The summed E-state index contributed by atoms with van der Waals surface area (Å²) in [6.07, 6.45) is 5.01. The van der Waals surface area contributed by atoms with Crippen LogP contribution in [-0.4, -0.2) is 19.1 Å². The average molecular weight is 238 g/mol. The molecule has 0 fully saturated rings. The van der Waals surface area contributed by atoms with Crippen LogP contribution in [-0.2, 0) is 4.79 Å². The van der Waals surface area contributed by atoms with Crippen molar-refractivity contribution in [2.75, 3.05) is 13.2 Å². The molecule has 1 aromatic rings. The van der Waals surface area contributed by atoms with Gasteiger partial charge >= 0.3 is 0 Å². The summed E-state index contributed by atoms with van der Waals surface area (Å²) < 4.78 is 5.31. The van der Waals surface area contributed by atoms with E-state index in [2.05, 4.69) is 11.2 Å². The minimum Gasteiger partial charge on any atom is -0.483 e. The molecule has 0 aromatic heterocycles. The number of benzene rings is 1. The van der Waals surface area contributed by atoms with Crippen LogP contribution in [0.5, 0.6) is 5.75 Å². The van der Waals surface area contributed by atoms with Crippen molar-refractivity contribution in [1.29, 1.82) is 0 Å². The third kappa shape index (κ3) is 3.84. The number of carbonyl (C=O) groups excluding carboxylic acids is 1. The smallest absolute Gasteiger partial charge is 0.258 e. The molecule has 0 saturated carbocycles. The summed E-state index contributed by atoms with van der Waals surface area (Å²) in [4.78, 5) is 11.2. The Kier molecular flexibility index (Phi) is 4.68. The minimum atomic E-state index is -0.252. The Hall–Kier alpha value is -1.66. The molecule has 1 N–H and O–H groups in total. The number of amides is 1. The second-order valence-corrected chi connectivity index (χ2v) is 3.62. The summed E-state index contributed by atoms with van der Waals surface area (Å²) in [7, 11) is 0. The number of hydrogen-bond donors (Lipinski definition) is 1. The topological polar surface area (TPSA) is 38.3 Å². The molecule has 0 spiro atoms. The summed E-state index contributed by atoms with van der Waals surface area (Å²) in [5.41, 5.74) is 0.925. The first-order valence-corrected chi connectivity index (χ1v) is 5.10. The number of aryl methyl sites for hydroxylation is 1. The molecule has 1 amide bonds. The number of ether oxygens (including phenoxy) is 1. The normalized spacial score (nSPS) is 9.31. The zero-order valence-corrected chi connectivity index (χ0v) is 9.67. The monoisotopic (exact) mass is 237 g/mol. The highest BCUT2D eigenvalue weighted by Crippen LogP contribution is 2.22. The van der Waals surface area contributed by atoms with Crippen molar-refractivity contribution in [2.24, 2.45) is 0 Å². The Morgan fingerprint density at radius 3 is 3.06 bits per heavy atom. The Bertz CT molecular complexity index is 424. The summed E-state index contributed by atoms with van der Waals surface area (Å²) in [6, 6.07) is 5.27. The standard InChI is InChI=1S/C12H12ClNO2/c1-3-6-14-12(15)8-16-11-7-10(13)5-4-9(11)2/h1,4-5,7H,6,8H2,2H3,(H,14,15). The maximum atomic E-state index is 11.2. The average Bonchev–Trinajstić information content (AvgIpc) is 2.27. The highest BCUT2D eigenvalue weighted by atomic mass is 35.5. The van der Waals surface area contributed by atoms with E-state index in [1.807, 2.05) is 13.0 Å². The Balaban J connectivity index is 2.51. The van der Waals surface area contributed by atoms with Crippen LogP contribution in [0.1, 0.15) is 5.56 Å². The highest BCUT2D eigenvalue weighted by Gasteiger charge is 2.04. The lowest BCUT2D eigenvalue weighted by Gasteiger charge is -2.08. The maximum Gasteiger partial charge on any atom is 0.258 e. The fraction of sp³-hybridized carbons (Fsp3) is 0.250. The summed E-state index contributed by atoms with van der Waals surface area (Å²) in [5, 5.41) is 3.08. The van der Waals surface area contributed by atoms with E-state index in [9.17, 15) is 4.79 Å². The first-order valence-electron chi connectivity index (χ1n) is 4.72.